The molecule has 1 heterocycles. The van der Waals surface area contributed by atoms with Gasteiger partial charge in [-0.1, -0.05) is 23.7 Å². The van der Waals surface area contributed by atoms with E-state index in [1.807, 2.05) is 0 Å². The van der Waals surface area contributed by atoms with Crippen molar-refractivity contribution in [2.45, 2.75) is 0 Å². The van der Waals surface area contributed by atoms with E-state index in [0.29, 0.717) is 0 Å². The van der Waals surface area contributed by atoms with Crippen LogP contribution < -0.4 is 4.74 Å². The molecule has 2 rings (SSSR count). The van der Waals surface area contributed by atoms with Crippen LogP contribution in [0, 0.1) is 0 Å². The van der Waals surface area contributed by atoms with Crippen LogP contribution >= 0.6 is 11.6 Å². The third-order valence-corrected chi connectivity index (χ3v) is 2.14. The predicted octanol–water partition coefficient (Wildman–Crippen LogP) is 2.62. The molecule has 0 bridgehead atoms. The monoisotopic (exact) mass is 250 g/mol. The van der Waals surface area contributed by atoms with E-state index in [0.717, 1.165) is 0 Å². The summed E-state index contributed by atoms with van der Waals surface area (Å²) in [5.74, 6) is -0.678. The van der Waals surface area contributed by atoms with Crippen LogP contribution in [0.4, 0.5) is 0 Å². The lowest BCUT2D eigenvalue weighted by Gasteiger charge is -2.06. The summed E-state index contributed by atoms with van der Waals surface area (Å²) in [6.45, 7) is 0. The third kappa shape index (κ3) is 2.70. The summed E-state index contributed by atoms with van der Waals surface area (Å²) in [5.41, 5.74) is 0.0595. The van der Waals surface area contributed by atoms with Crippen molar-refractivity contribution in [3.05, 3.63) is 47.1 Å². The third-order valence-electron chi connectivity index (χ3n) is 1.94. The fraction of sp³-hybridized carbons (Fsp3) is 0. The second-order valence-electron chi connectivity index (χ2n) is 3.10. The van der Waals surface area contributed by atoms with Gasteiger partial charge < -0.3 is 9.84 Å². The molecule has 1 aromatic heterocycles. The summed E-state index contributed by atoms with van der Waals surface area (Å²) in [4.78, 5) is 10.9. The second kappa shape index (κ2) is 4.80. The topological polar surface area (TPSA) is 72.3 Å². The summed E-state index contributed by atoms with van der Waals surface area (Å²) in [6.07, 6.45) is 0. The number of hydrogen-bond acceptors (Lipinski definition) is 4. The number of para-hydroxylation sites is 1. The molecule has 6 heteroatoms. The summed E-state index contributed by atoms with van der Waals surface area (Å²) in [5, 5.41) is 16.5. The van der Waals surface area contributed by atoms with Gasteiger partial charge in [-0.15, -0.1) is 10.2 Å². The number of aromatic carboxylic acids is 1. The molecule has 0 spiro atoms. The van der Waals surface area contributed by atoms with Crippen molar-refractivity contribution in [3.8, 4) is 11.6 Å². The Morgan fingerprint density at radius 2 is 1.94 bits per heavy atom. The van der Waals surface area contributed by atoms with Crippen molar-refractivity contribution in [3.63, 3.8) is 0 Å². The number of benzene rings is 1. The van der Waals surface area contributed by atoms with Gasteiger partial charge >= 0.3 is 5.97 Å². The van der Waals surface area contributed by atoms with E-state index < -0.39 is 5.97 Å². The zero-order valence-corrected chi connectivity index (χ0v) is 9.26. The highest BCUT2D eigenvalue weighted by atomic mass is 35.5. The Hall–Kier alpha value is -2.14. The van der Waals surface area contributed by atoms with Crippen molar-refractivity contribution in [1.82, 2.24) is 10.2 Å². The first-order chi connectivity index (χ1) is 8.16. The summed E-state index contributed by atoms with van der Waals surface area (Å²) in [6, 6.07) is 9.29. The number of rotatable bonds is 3. The lowest BCUT2D eigenvalue weighted by molar-refractivity contribution is 0.0694. The van der Waals surface area contributed by atoms with E-state index in [1.54, 1.807) is 18.2 Å². The van der Waals surface area contributed by atoms with Gasteiger partial charge in [-0.25, -0.2) is 4.79 Å². The minimum atomic E-state index is -1.07. The van der Waals surface area contributed by atoms with Gasteiger partial charge in [0.05, 0.1) is 0 Å². The summed E-state index contributed by atoms with van der Waals surface area (Å²) < 4.78 is 5.31. The highest BCUT2D eigenvalue weighted by Crippen LogP contribution is 2.23. The molecular formula is C11H7ClN2O3. The van der Waals surface area contributed by atoms with Crippen LogP contribution in [0.5, 0.6) is 11.6 Å². The van der Waals surface area contributed by atoms with Crippen molar-refractivity contribution in [2.75, 3.05) is 0 Å². The van der Waals surface area contributed by atoms with Gasteiger partial charge in [0, 0.05) is 6.07 Å². The SMILES string of the molecule is O=C(O)c1ccccc1Oc1ccc(Cl)nn1. The standard InChI is InChI=1S/C11H7ClN2O3/c12-9-5-6-10(14-13-9)17-8-4-2-1-3-7(8)11(15)16/h1-6H,(H,15,16). The Bertz CT molecular complexity index is 543. The highest BCUT2D eigenvalue weighted by Gasteiger charge is 2.11. The van der Waals surface area contributed by atoms with Crippen molar-refractivity contribution >= 4 is 17.6 Å². The van der Waals surface area contributed by atoms with Gasteiger partial charge in [0.15, 0.2) is 5.15 Å². The molecule has 17 heavy (non-hydrogen) atoms. The van der Waals surface area contributed by atoms with Crippen molar-refractivity contribution < 1.29 is 14.6 Å². The molecule has 5 nitrogen and oxygen atoms in total. The Kier molecular flexibility index (Phi) is 3.20. The highest BCUT2D eigenvalue weighted by molar-refractivity contribution is 6.29. The quantitative estimate of drug-likeness (QED) is 0.907. The Labute approximate surface area is 102 Å². The van der Waals surface area contributed by atoms with E-state index in [2.05, 4.69) is 10.2 Å². The second-order valence-corrected chi connectivity index (χ2v) is 3.48. The number of ether oxygens (including phenoxy) is 1. The molecule has 0 aliphatic carbocycles. The largest absolute Gasteiger partial charge is 0.478 e. The minimum Gasteiger partial charge on any atom is -0.478 e. The van der Waals surface area contributed by atoms with Gasteiger partial charge in [0.1, 0.15) is 11.3 Å². The summed E-state index contributed by atoms with van der Waals surface area (Å²) >= 11 is 5.57. The number of aromatic nitrogens is 2. The van der Waals surface area contributed by atoms with Crippen molar-refractivity contribution in [2.24, 2.45) is 0 Å². The Balaban J connectivity index is 2.30. The Morgan fingerprint density at radius 1 is 1.18 bits per heavy atom. The van der Waals surface area contributed by atoms with Gasteiger partial charge in [0.2, 0.25) is 5.88 Å². The van der Waals surface area contributed by atoms with Gasteiger partial charge in [-0.2, -0.15) is 0 Å². The van der Waals surface area contributed by atoms with Crippen LogP contribution in [-0.4, -0.2) is 21.3 Å². The molecule has 2 aromatic rings. The fourth-order valence-electron chi connectivity index (χ4n) is 1.20. The number of carboxylic acid groups (broad SMARTS) is 1. The molecule has 0 atom stereocenters. The van der Waals surface area contributed by atoms with E-state index in [-0.39, 0.29) is 22.3 Å². The average molecular weight is 251 g/mol. The molecule has 0 saturated carbocycles. The molecule has 0 aliphatic rings. The van der Waals surface area contributed by atoms with E-state index in [9.17, 15) is 4.79 Å². The molecule has 1 N–H and O–H groups in total. The molecule has 0 unspecified atom stereocenters. The number of hydrogen-bond donors (Lipinski definition) is 1. The Morgan fingerprint density at radius 3 is 2.59 bits per heavy atom. The zero-order valence-electron chi connectivity index (χ0n) is 8.50. The lowest BCUT2D eigenvalue weighted by Crippen LogP contribution is -2.00. The van der Waals surface area contributed by atoms with E-state index in [4.69, 9.17) is 21.4 Å². The van der Waals surface area contributed by atoms with Gasteiger partial charge in [0.25, 0.3) is 0 Å². The fourth-order valence-corrected chi connectivity index (χ4v) is 1.30. The smallest absolute Gasteiger partial charge is 0.339 e. The predicted molar refractivity (Wildman–Crippen MR) is 60.5 cm³/mol. The first kappa shape index (κ1) is 11.3. The molecule has 86 valence electrons. The van der Waals surface area contributed by atoms with Crippen LogP contribution in [0.2, 0.25) is 5.15 Å². The summed E-state index contributed by atoms with van der Waals surface area (Å²) in [7, 11) is 0. The van der Waals surface area contributed by atoms with Gasteiger partial charge in [-0.3, -0.25) is 0 Å². The lowest BCUT2D eigenvalue weighted by atomic mass is 10.2. The number of carboxylic acids is 1. The van der Waals surface area contributed by atoms with Crippen LogP contribution in [0.1, 0.15) is 10.4 Å². The molecular weight excluding hydrogens is 244 g/mol. The van der Waals surface area contributed by atoms with E-state index >= 15 is 0 Å². The van der Waals surface area contributed by atoms with Crippen LogP contribution in [0.3, 0.4) is 0 Å². The molecule has 0 saturated heterocycles. The van der Waals surface area contributed by atoms with Crippen LogP contribution in [0.15, 0.2) is 36.4 Å². The first-order valence-electron chi connectivity index (χ1n) is 4.66. The first-order valence-corrected chi connectivity index (χ1v) is 5.04. The maximum atomic E-state index is 10.9. The minimum absolute atomic E-state index is 0.0595. The van der Waals surface area contributed by atoms with Gasteiger partial charge in [-0.05, 0) is 18.2 Å². The number of carbonyl (C=O) groups is 1. The molecule has 0 fully saturated rings. The molecule has 0 radical (unpaired) electrons. The number of halogens is 1. The van der Waals surface area contributed by atoms with E-state index in [1.165, 1.54) is 18.2 Å². The average Bonchev–Trinajstić information content (AvgIpc) is 2.32. The number of nitrogens with zero attached hydrogens (tertiary/aromatic N) is 2. The molecule has 0 amide bonds. The van der Waals surface area contributed by atoms with Crippen molar-refractivity contribution in [1.29, 1.82) is 0 Å². The normalized spacial score (nSPS) is 9.94. The molecule has 1 aromatic carbocycles. The maximum Gasteiger partial charge on any atom is 0.339 e. The zero-order chi connectivity index (χ0) is 12.3. The van der Waals surface area contributed by atoms with Crippen LogP contribution in [0.25, 0.3) is 0 Å². The van der Waals surface area contributed by atoms with Crippen LogP contribution in [-0.2, 0) is 0 Å². The maximum absolute atomic E-state index is 10.9. The molecule has 0 aliphatic heterocycles.